The van der Waals surface area contributed by atoms with Crippen LogP contribution in [0.5, 0.6) is 5.75 Å². The van der Waals surface area contributed by atoms with Gasteiger partial charge >= 0.3 is 0 Å². The van der Waals surface area contributed by atoms with Crippen LogP contribution in [0.25, 0.3) is 0 Å². The van der Waals surface area contributed by atoms with Gasteiger partial charge < -0.3 is 4.74 Å². The Kier molecular flexibility index (Phi) is 2.69. The summed E-state index contributed by atoms with van der Waals surface area (Å²) in [7, 11) is 1.60. The predicted octanol–water partition coefficient (Wildman–Crippen LogP) is 5.47. The van der Waals surface area contributed by atoms with Crippen LogP contribution in [0, 0.1) is 22.1 Å². The molecule has 0 N–H and O–H groups in total. The maximum absolute atomic E-state index is 14.3. The molecule has 4 fully saturated rings. The van der Waals surface area contributed by atoms with Crippen molar-refractivity contribution in [1.29, 1.82) is 0 Å². The van der Waals surface area contributed by atoms with Crippen LogP contribution in [0.1, 0.15) is 64.9 Å². The van der Waals surface area contributed by atoms with E-state index in [1.165, 1.54) is 44.6 Å². The van der Waals surface area contributed by atoms with Gasteiger partial charge in [0.1, 0.15) is 0 Å². The first-order valence-electron chi connectivity index (χ1n) is 8.54. The molecule has 0 spiro atoms. The van der Waals surface area contributed by atoms with Crippen molar-refractivity contribution in [2.24, 2.45) is 16.2 Å². The molecule has 0 atom stereocenters. The summed E-state index contributed by atoms with van der Waals surface area (Å²) in [6.45, 7) is 7.38. The summed E-state index contributed by atoms with van der Waals surface area (Å²) in [5.74, 6) is 0.274. The van der Waals surface area contributed by atoms with Crippen molar-refractivity contribution in [1.82, 2.24) is 0 Å². The molecule has 0 amide bonds. The average molecular weight is 302 g/mol. The van der Waals surface area contributed by atoms with Gasteiger partial charge in [0.05, 0.1) is 7.11 Å². The van der Waals surface area contributed by atoms with E-state index >= 15 is 0 Å². The topological polar surface area (TPSA) is 9.23 Å². The molecule has 1 aromatic rings. The number of methoxy groups -OCH3 is 1. The van der Waals surface area contributed by atoms with Gasteiger partial charge in [-0.15, -0.1) is 0 Å². The first-order valence-corrected chi connectivity index (χ1v) is 8.54. The van der Waals surface area contributed by atoms with Crippen molar-refractivity contribution in [3.05, 3.63) is 29.6 Å². The first-order chi connectivity index (χ1) is 10.2. The molecule has 4 saturated carbocycles. The monoisotopic (exact) mass is 302 g/mol. The molecular weight excluding hydrogens is 275 g/mol. The molecule has 0 saturated heterocycles. The molecule has 0 radical (unpaired) electrons. The number of hydrogen-bond acceptors (Lipinski definition) is 1. The van der Waals surface area contributed by atoms with E-state index in [1.807, 2.05) is 6.07 Å². The van der Waals surface area contributed by atoms with Crippen LogP contribution in [0.2, 0.25) is 0 Å². The highest BCUT2D eigenvalue weighted by Gasteiger charge is 2.64. The Morgan fingerprint density at radius 1 is 0.864 bits per heavy atom. The van der Waals surface area contributed by atoms with Gasteiger partial charge in [-0.2, -0.15) is 0 Å². The number of hydrogen-bond donors (Lipinski definition) is 0. The molecule has 120 valence electrons. The Morgan fingerprint density at radius 3 is 1.82 bits per heavy atom. The molecule has 5 rings (SSSR count). The molecule has 4 bridgehead atoms. The minimum Gasteiger partial charge on any atom is -0.493 e. The Labute approximate surface area is 133 Å². The average Bonchev–Trinajstić information content (AvgIpc) is 2.32. The maximum Gasteiger partial charge on any atom is 0.165 e. The number of para-hydroxylation sites is 1. The van der Waals surface area contributed by atoms with E-state index in [0.717, 1.165) is 5.56 Å². The maximum atomic E-state index is 14.3. The zero-order valence-corrected chi connectivity index (χ0v) is 14.3. The van der Waals surface area contributed by atoms with E-state index in [2.05, 4.69) is 26.8 Å². The van der Waals surface area contributed by atoms with Crippen LogP contribution in [0.15, 0.2) is 18.2 Å². The van der Waals surface area contributed by atoms with Crippen molar-refractivity contribution in [3.63, 3.8) is 0 Å². The highest BCUT2D eigenvalue weighted by atomic mass is 19.1. The molecule has 2 heteroatoms. The number of ether oxygens (including phenoxy) is 1. The first kappa shape index (κ1) is 14.5. The summed E-state index contributed by atoms with van der Waals surface area (Å²) < 4.78 is 19.8. The van der Waals surface area contributed by atoms with E-state index in [9.17, 15) is 4.39 Å². The van der Waals surface area contributed by atoms with Crippen LogP contribution in [0.4, 0.5) is 4.39 Å². The molecule has 0 aliphatic heterocycles. The molecule has 1 aromatic carbocycles. The highest BCUT2D eigenvalue weighted by Crippen LogP contribution is 2.74. The fourth-order valence-corrected chi connectivity index (χ4v) is 7.71. The van der Waals surface area contributed by atoms with Crippen molar-refractivity contribution < 1.29 is 9.13 Å². The third-order valence-corrected chi connectivity index (χ3v) is 6.60. The molecule has 4 aliphatic rings. The van der Waals surface area contributed by atoms with Gasteiger partial charge in [0.2, 0.25) is 0 Å². The largest absolute Gasteiger partial charge is 0.493 e. The van der Waals surface area contributed by atoms with Crippen molar-refractivity contribution in [2.45, 2.75) is 64.7 Å². The summed E-state index contributed by atoms with van der Waals surface area (Å²) >= 11 is 0. The fraction of sp³-hybridized carbons (Fsp3) is 0.700. The number of rotatable bonds is 2. The highest BCUT2D eigenvalue weighted by molar-refractivity contribution is 5.44. The van der Waals surface area contributed by atoms with Gasteiger partial charge in [0.15, 0.2) is 11.6 Å². The minimum atomic E-state index is -0.212. The fourth-order valence-electron chi connectivity index (χ4n) is 7.71. The van der Waals surface area contributed by atoms with Crippen molar-refractivity contribution in [3.8, 4) is 5.75 Å². The summed E-state index contributed by atoms with van der Waals surface area (Å²) in [4.78, 5) is 0. The second kappa shape index (κ2) is 4.07. The lowest BCUT2D eigenvalue weighted by Crippen LogP contribution is -2.60. The van der Waals surface area contributed by atoms with Crippen LogP contribution in [0.3, 0.4) is 0 Å². The van der Waals surface area contributed by atoms with E-state index < -0.39 is 0 Å². The standard InChI is InChI=1S/C20H27FO/c1-17-8-18(2)10-19(3,9-17)13-20(11-17,12-18)14-6-5-7-15(21)16(14)22-4/h5-7H,8-13H2,1-4H3. The van der Waals surface area contributed by atoms with Crippen LogP contribution in [-0.2, 0) is 5.41 Å². The van der Waals surface area contributed by atoms with Gasteiger partial charge in [-0.25, -0.2) is 4.39 Å². The quantitative estimate of drug-likeness (QED) is 0.703. The van der Waals surface area contributed by atoms with Gasteiger partial charge in [-0.05, 0) is 60.8 Å². The van der Waals surface area contributed by atoms with Gasteiger partial charge in [0.25, 0.3) is 0 Å². The lowest BCUT2D eigenvalue weighted by atomic mass is 9.35. The lowest BCUT2D eigenvalue weighted by Gasteiger charge is -2.69. The summed E-state index contributed by atoms with van der Waals surface area (Å²) in [6, 6.07) is 5.50. The smallest absolute Gasteiger partial charge is 0.165 e. The molecule has 1 nitrogen and oxygen atoms in total. The molecule has 0 heterocycles. The lowest BCUT2D eigenvalue weighted by molar-refractivity contribution is -0.152. The molecular formula is C20H27FO. The summed E-state index contributed by atoms with van der Waals surface area (Å²) in [5, 5.41) is 0. The van der Waals surface area contributed by atoms with Gasteiger partial charge in [0, 0.05) is 11.0 Å². The normalized spacial score (nSPS) is 46.0. The van der Waals surface area contributed by atoms with E-state index in [-0.39, 0.29) is 11.2 Å². The Bertz CT molecular complexity index is 581. The molecule has 22 heavy (non-hydrogen) atoms. The van der Waals surface area contributed by atoms with E-state index in [4.69, 9.17) is 4.74 Å². The minimum absolute atomic E-state index is 0.0977. The number of benzene rings is 1. The second-order valence-corrected chi connectivity index (χ2v) is 9.59. The van der Waals surface area contributed by atoms with Crippen LogP contribution >= 0.6 is 0 Å². The third-order valence-electron chi connectivity index (χ3n) is 6.60. The SMILES string of the molecule is COc1c(F)cccc1C12CC3(C)CC(C)(CC(C)(C3)C1)C2. The van der Waals surface area contributed by atoms with Crippen LogP contribution < -0.4 is 4.74 Å². The Morgan fingerprint density at radius 2 is 1.36 bits per heavy atom. The van der Waals surface area contributed by atoms with Crippen molar-refractivity contribution >= 4 is 0 Å². The van der Waals surface area contributed by atoms with Crippen LogP contribution in [-0.4, -0.2) is 7.11 Å². The second-order valence-electron chi connectivity index (χ2n) is 9.59. The molecule has 4 aliphatic carbocycles. The third kappa shape index (κ3) is 1.88. The van der Waals surface area contributed by atoms with Gasteiger partial charge in [-0.1, -0.05) is 32.9 Å². The molecule has 0 unspecified atom stereocenters. The van der Waals surface area contributed by atoms with E-state index in [0.29, 0.717) is 22.0 Å². The van der Waals surface area contributed by atoms with E-state index in [1.54, 1.807) is 7.11 Å². The Hall–Kier alpha value is -1.05. The summed E-state index contributed by atoms with van der Waals surface area (Å²) in [5.41, 5.74) is 2.42. The summed E-state index contributed by atoms with van der Waals surface area (Å²) in [6.07, 6.45) is 7.54. The van der Waals surface area contributed by atoms with Gasteiger partial charge in [-0.3, -0.25) is 0 Å². The molecule has 0 aromatic heterocycles. The number of halogens is 1. The predicted molar refractivity (Wildman–Crippen MR) is 86.7 cm³/mol. The van der Waals surface area contributed by atoms with Crippen molar-refractivity contribution in [2.75, 3.05) is 7.11 Å². The zero-order chi connectivity index (χ0) is 15.8. The Balaban J connectivity index is 1.90. The zero-order valence-electron chi connectivity index (χ0n) is 14.3.